The molecule has 0 spiro atoms. The number of rotatable bonds is 4. The smallest absolute Gasteiger partial charge is 0.0992 e. The van der Waals surface area contributed by atoms with Gasteiger partial charge < -0.3 is 13.7 Å². The van der Waals surface area contributed by atoms with Crippen LogP contribution < -0.4 is 0 Å². The van der Waals surface area contributed by atoms with E-state index in [1.807, 2.05) is 72.8 Å². The van der Waals surface area contributed by atoms with Gasteiger partial charge in [0.15, 0.2) is 0 Å². The van der Waals surface area contributed by atoms with Crippen LogP contribution >= 0.6 is 0 Å². The van der Waals surface area contributed by atoms with E-state index in [2.05, 4.69) is 129 Å². The summed E-state index contributed by atoms with van der Waals surface area (Å²) in [4.78, 5) is 0. The van der Waals surface area contributed by atoms with Crippen LogP contribution in [0.25, 0.3) is 93.6 Å². The van der Waals surface area contributed by atoms with Crippen LogP contribution in [0.5, 0.6) is 0 Å². The zero-order valence-electron chi connectivity index (χ0n) is 30.3. The normalized spacial score (nSPS) is 11.5. The molecule has 0 radical (unpaired) electrons. The van der Waals surface area contributed by atoms with Gasteiger partial charge in [-0.1, -0.05) is 72.8 Å². The molecule has 0 saturated heterocycles. The maximum atomic E-state index is 10.4. The summed E-state index contributed by atoms with van der Waals surface area (Å²) in [6.07, 6.45) is 0. The van der Waals surface area contributed by atoms with Gasteiger partial charge in [0.25, 0.3) is 0 Å². The molecule has 6 nitrogen and oxygen atoms in total. The van der Waals surface area contributed by atoms with Gasteiger partial charge in [-0.05, 0) is 108 Å². The van der Waals surface area contributed by atoms with Crippen LogP contribution in [0.2, 0.25) is 0 Å². The third-order valence-electron chi connectivity index (χ3n) is 11.2. The highest BCUT2D eigenvalue weighted by Crippen LogP contribution is 2.39. The molecular weight excluding hydrogens is 697 g/mol. The van der Waals surface area contributed by atoms with Crippen LogP contribution in [0, 0.1) is 34.0 Å². The van der Waals surface area contributed by atoms with Crippen molar-refractivity contribution < 1.29 is 0 Å². The molecule has 0 aliphatic rings. The average Bonchev–Trinajstić information content (AvgIpc) is 3.91. The first-order chi connectivity index (χ1) is 28.1. The summed E-state index contributed by atoms with van der Waals surface area (Å²) in [6.45, 7) is 0. The van der Waals surface area contributed by atoms with Crippen molar-refractivity contribution >= 4 is 65.4 Å². The molecule has 0 aliphatic carbocycles. The van der Waals surface area contributed by atoms with Crippen molar-refractivity contribution in [1.29, 1.82) is 15.8 Å². The Morgan fingerprint density at radius 2 is 0.649 bits per heavy atom. The Labute approximate surface area is 326 Å². The minimum absolute atomic E-state index is 0.521. The second kappa shape index (κ2) is 12.3. The van der Waals surface area contributed by atoms with E-state index in [1.165, 1.54) is 0 Å². The van der Waals surface area contributed by atoms with Crippen molar-refractivity contribution in [2.45, 2.75) is 0 Å². The van der Waals surface area contributed by atoms with Crippen molar-refractivity contribution in [2.24, 2.45) is 0 Å². The topological polar surface area (TPSA) is 86.2 Å². The minimum Gasteiger partial charge on any atom is -0.309 e. The second-order valence-corrected chi connectivity index (χ2v) is 14.4. The van der Waals surface area contributed by atoms with E-state index in [1.54, 1.807) is 0 Å². The van der Waals surface area contributed by atoms with E-state index in [4.69, 9.17) is 0 Å². The lowest BCUT2D eigenvalue weighted by molar-refractivity contribution is 1.16. The van der Waals surface area contributed by atoms with Crippen LogP contribution in [-0.2, 0) is 0 Å². The lowest BCUT2D eigenvalue weighted by Gasteiger charge is -2.14. The number of benzene rings is 8. The van der Waals surface area contributed by atoms with E-state index in [0.717, 1.165) is 93.6 Å². The number of aromatic nitrogens is 3. The molecule has 57 heavy (non-hydrogen) atoms. The van der Waals surface area contributed by atoms with Crippen LogP contribution in [0.3, 0.4) is 0 Å². The summed E-state index contributed by atoms with van der Waals surface area (Å²) in [5.74, 6) is 0. The van der Waals surface area contributed by atoms with E-state index in [9.17, 15) is 15.8 Å². The van der Waals surface area contributed by atoms with Gasteiger partial charge in [-0.25, -0.2) is 0 Å². The molecule has 6 heteroatoms. The van der Waals surface area contributed by atoms with Crippen molar-refractivity contribution in [3.8, 4) is 46.4 Å². The maximum absolute atomic E-state index is 10.4. The first-order valence-corrected chi connectivity index (χ1v) is 18.7. The molecule has 0 unspecified atom stereocenters. The summed E-state index contributed by atoms with van der Waals surface area (Å²) < 4.78 is 6.71. The first kappa shape index (κ1) is 32.1. The van der Waals surface area contributed by atoms with Gasteiger partial charge >= 0.3 is 0 Å². The van der Waals surface area contributed by atoms with E-state index >= 15 is 0 Å². The predicted molar refractivity (Wildman–Crippen MR) is 229 cm³/mol. The number of nitriles is 3. The molecule has 3 heterocycles. The van der Waals surface area contributed by atoms with Gasteiger partial charge in [0.05, 0.1) is 68.0 Å². The minimum atomic E-state index is 0.521. The Bertz CT molecular complexity index is 3580. The summed E-state index contributed by atoms with van der Waals surface area (Å²) in [7, 11) is 0. The zero-order chi connectivity index (χ0) is 38.2. The molecule has 0 aliphatic heterocycles. The monoisotopic (exact) mass is 724 g/mol. The fourth-order valence-corrected chi connectivity index (χ4v) is 8.84. The molecule has 0 atom stereocenters. The van der Waals surface area contributed by atoms with E-state index in [0.29, 0.717) is 16.7 Å². The molecule has 8 aromatic carbocycles. The Kier molecular flexibility index (Phi) is 6.95. The highest BCUT2D eigenvalue weighted by atomic mass is 15.0. The Balaban J connectivity index is 1.12. The molecule has 11 aromatic rings. The van der Waals surface area contributed by atoms with Gasteiger partial charge in [-0.2, -0.15) is 15.8 Å². The molecule has 0 saturated carbocycles. The maximum Gasteiger partial charge on any atom is 0.0992 e. The van der Waals surface area contributed by atoms with Crippen molar-refractivity contribution in [1.82, 2.24) is 13.7 Å². The number of hydrogen-bond acceptors (Lipinski definition) is 3. The van der Waals surface area contributed by atoms with Crippen molar-refractivity contribution in [3.63, 3.8) is 0 Å². The first-order valence-electron chi connectivity index (χ1n) is 18.7. The standard InChI is InChI=1S/C51H28N6/c52-29-32-17-19-50-44(25-32)42-11-3-7-15-48(42)55(50)37-18-20-51-45(28-37)43-12-4-8-16-49(43)57(51)39-24-34(31-54)22-36(27-39)35-21-33(30-53)23-38(26-35)56-46-13-5-1-9-40(46)41-10-2-6-14-47(41)56/h1-28H. The van der Waals surface area contributed by atoms with Gasteiger partial charge in [0, 0.05) is 49.4 Å². The molecule has 3 aromatic heterocycles. The lowest BCUT2D eigenvalue weighted by Crippen LogP contribution is -1.98. The van der Waals surface area contributed by atoms with E-state index < -0.39 is 0 Å². The van der Waals surface area contributed by atoms with E-state index in [-0.39, 0.29) is 0 Å². The summed E-state index contributed by atoms with van der Waals surface area (Å²) in [5, 5.41) is 37.0. The fraction of sp³-hybridized carbons (Fsp3) is 0. The fourth-order valence-electron chi connectivity index (χ4n) is 8.84. The summed E-state index contributed by atoms with van der Waals surface area (Å²) in [6, 6.07) is 64.8. The number of nitrogens with zero attached hydrogens (tertiary/aromatic N) is 6. The van der Waals surface area contributed by atoms with Crippen molar-refractivity contribution in [3.05, 3.63) is 187 Å². The van der Waals surface area contributed by atoms with Crippen molar-refractivity contribution in [2.75, 3.05) is 0 Å². The molecule has 11 rings (SSSR count). The molecular formula is C51H28N6. The number of fused-ring (bicyclic) bond motifs is 9. The van der Waals surface area contributed by atoms with Gasteiger partial charge in [0.2, 0.25) is 0 Å². The predicted octanol–water partition coefficient (Wildman–Crippen LogP) is 12.3. The Morgan fingerprint density at radius 3 is 1.11 bits per heavy atom. The molecule has 0 amide bonds. The SMILES string of the molecule is N#Cc1cc(-c2cc(C#N)cc(-n3c4ccccc4c4cc(-n5c6ccccc6c6cc(C#N)ccc65)ccc43)c2)cc(-n2c3ccccc3c3ccccc32)c1. The largest absolute Gasteiger partial charge is 0.309 e. The number of hydrogen-bond donors (Lipinski definition) is 0. The van der Waals surface area contributed by atoms with Crippen LogP contribution in [-0.4, -0.2) is 13.7 Å². The average molecular weight is 725 g/mol. The van der Waals surface area contributed by atoms with Crippen LogP contribution in [0.15, 0.2) is 170 Å². The molecule has 0 N–H and O–H groups in total. The van der Waals surface area contributed by atoms with Gasteiger partial charge in [-0.3, -0.25) is 0 Å². The quantitative estimate of drug-likeness (QED) is 0.181. The van der Waals surface area contributed by atoms with Gasteiger partial charge in [0.1, 0.15) is 0 Å². The zero-order valence-corrected chi connectivity index (χ0v) is 30.3. The molecule has 0 fully saturated rings. The van der Waals surface area contributed by atoms with Crippen LogP contribution in [0.4, 0.5) is 0 Å². The lowest BCUT2D eigenvalue weighted by atomic mass is 9.99. The second-order valence-electron chi connectivity index (χ2n) is 14.4. The summed E-state index contributed by atoms with van der Waals surface area (Å²) >= 11 is 0. The Morgan fingerprint density at radius 1 is 0.281 bits per heavy atom. The number of para-hydroxylation sites is 4. The Hall–Kier alpha value is -8.37. The third-order valence-corrected chi connectivity index (χ3v) is 11.2. The van der Waals surface area contributed by atoms with Gasteiger partial charge in [-0.15, -0.1) is 0 Å². The molecule has 0 bridgehead atoms. The molecule has 262 valence electrons. The van der Waals surface area contributed by atoms with Crippen LogP contribution in [0.1, 0.15) is 16.7 Å². The third kappa shape index (κ3) is 4.81. The summed E-state index contributed by atoms with van der Waals surface area (Å²) in [5.41, 5.74) is 12.4. The highest BCUT2D eigenvalue weighted by Gasteiger charge is 2.19. The highest BCUT2D eigenvalue weighted by molar-refractivity contribution is 6.13.